The van der Waals surface area contributed by atoms with Crippen molar-refractivity contribution in [3.05, 3.63) is 0 Å². The molecular weight excluding hydrogens is 212 g/mol. The lowest BCUT2D eigenvalue weighted by atomic mass is 9.83. The number of aliphatic hydroxyl groups is 1. The van der Waals surface area contributed by atoms with Crippen molar-refractivity contribution < 1.29 is 24.5 Å². The van der Waals surface area contributed by atoms with Crippen LogP contribution in [0.1, 0.15) is 32.6 Å². The molecule has 0 spiro atoms. The Balaban J connectivity index is 2.73. The summed E-state index contributed by atoms with van der Waals surface area (Å²) in [5.41, 5.74) is -2.43. The van der Waals surface area contributed by atoms with Crippen molar-refractivity contribution in [2.24, 2.45) is 0 Å². The number of carboxylic acid groups (broad SMARTS) is 1. The van der Waals surface area contributed by atoms with Crippen LogP contribution < -0.4 is 0 Å². The van der Waals surface area contributed by atoms with Gasteiger partial charge in [0, 0.05) is 20.1 Å². The van der Waals surface area contributed by atoms with E-state index in [1.54, 1.807) is 7.11 Å². The van der Waals surface area contributed by atoms with Gasteiger partial charge in [0.1, 0.15) is 0 Å². The van der Waals surface area contributed by atoms with Gasteiger partial charge in [-0.15, -0.1) is 0 Å². The Labute approximate surface area is 95.4 Å². The molecule has 0 aliphatic carbocycles. The Morgan fingerprint density at radius 1 is 1.56 bits per heavy atom. The second-order valence-electron chi connectivity index (χ2n) is 4.68. The van der Waals surface area contributed by atoms with Crippen LogP contribution in [-0.4, -0.2) is 47.7 Å². The number of carbonyl (C=O) groups is 1. The van der Waals surface area contributed by atoms with E-state index >= 15 is 0 Å². The lowest BCUT2D eigenvalue weighted by molar-refractivity contribution is -0.178. The molecule has 2 unspecified atom stereocenters. The van der Waals surface area contributed by atoms with Crippen molar-refractivity contribution in [3.8, 4) is 0 Å². The highest BCUT2D eigenvalue weighted by Gasteiger charge is 2.43. The van der Waals surface area contributed by atoms with Gasteiger partial charge in [-0.05, 0) is 26.2 Å². The molecule has 2 atom stereocenters. The van der Waals surface area contributed by atoms with Gasteiger partial charge in [-0.3, -0.25) is 0 Å². The van der Waals surface area contributed by atoms with Crippen molar-refractivity contribution in [3.63, 3.8) is 0 Å². The number of rotatable bonds is 5. The molecule has 0 aromatic carbocycles. The normalized spacial score (nSPS) is 29.7. The molecule has 0 amide bonds. The molecule has 2 N–H and O–H groups in total. The van der Waals surface area contributed by atoms with Crippen molar-refractivity contribution in [1.82, 2.24) is 0 Å². The second kappa shape index (κ2) is 5.12. The maximum absolute atomic E-state index is 10.9. The molecular formula is C11H20O5. The van der Waals surface area contributed by atoms with Crippen molar-refractivity contribution in [2.75, 3.05) is 20.3 Å². The highest BCUT2D eigenvalue weighted by molar-refractivity contribution is 5.76. The van der Waals surface area contributed by atoms with Gasteiger partial charge >= 0.3 is 5.97 Å². The average molecular weight is 232 g/mol. The van der Waals surface area contributed by atoms with E-state index in [0.717, 1.165) is 19.3 Å². The van der Waals surface area contributed by atoms with E-state index in [1.165, 1.54) is 6.92 Å². The maximum Gasteiger partial charge on any atom is 0.335 e. The van der Waals surface area contributed by atoms with Crippen LogP contribution in [-0.2, 0) is 14.3 Å². The maximum atomic E-state index is 10.9. The van der Waals surface area contributed by atoms with E-state index < -0.39 is 17.2 Å². The molecule has 16 heavy (non-hydrogen) atoms. The summed E-state index contributed by atoms with van der Waals surface area (Å²) in [5.74, 6) is -1.22. The summed E-state index contributed by atoms with van der Waals surface area (Å²) in [6, 6.07) is 0. The molecule has 0 radical (unpaired) electrons. The Hall–Kier alpha value is -0.650. The Morgan fingerprint density at radius 2 is 2.25 bits per heavy atom. The number of aliphatic carboxylic acids is 1. The fraction of sp³-hybridized carbons (Fsp3) is 0.909. The Bertz CT molecular complexity index is 237. The predicted octanol–water partition coefficient (Wildman–Crippen LogP) is 0.798. The number of hydrogen-bond acceptors (Lipinski definition) is 4. The van der Waals surface area contributed by atoms with Gasteiger partial charge in [0.05, 0.1) is 12.2 Å². The highest BCUT2D eigenvalue weighted by Crippen LogP contribution is 2.33. The van der Waals surface area contributed by atoms with Crippen LogP contribution >= 0.6 is 0 Å². The zero-order chi connectivity index (χ0) is 12.2. The average Bonchev–Trinajstić information content (AvgIpc) is 2.18. The first-order chi connectivity index (χ1) is 7.42. The minimum atomic E-state index is -1.77. The molecule has 1 rings (SSSR count). The molecule has 94 valence electrons. The second-order valence-corrected chi connectivity index (χ2v) is 4.68. The molecule has 1 saturated heterocycles. The lowest BCUT2D eigenvalue weighted by Gasteiger charge is -2.40. The highest BCUT2D eigenvalue weighted by atomic mass is 16.5. The van der Waals surface area contributed by atoms with Crippen LogP contribution in [0.25, 0.3) is 0 Å². The Kier molecular flexibility index (Phi) is 4.29. The van der Waals surface area contributed by atoms with Crippen LogP contribution in [0.3, 0.4) is 0 Å². The summed E-state index contributed by atoms with van der Waals surface area (Å²) >= 11 is 0. The monoisotopic (exact) mass is 232 g/mol. The molecule has 1 aliphatic rings. The van der Waals surface area contributed by atoms with Gasteiger partial charge in [-0.25, -0.2) is 4.79 Å². The minimum Gasteiger partial charge on any atom is -0.479 e. The van der Waals surface area contributed by atoms with Crippen molar-refractivity contribution in [2.45, 2.75) is 43.8 Å². The van der Waals surface area contributed by atoms with E-state index in [9.17, 15) is 9.90 Å². The van der Waals surface area contributed by atoms with Crippen LogP contribution in [0.5, 0.6) is 0 Å². The van der Waals surface area contributed by atoms with Crippen molar-refractivity contribution >= 4 is 5.97 Å². The molecule has 0 saturated carbocycles. The van der Waals surface area contributed by atoms with E-state index in [2.05, 4.69) is 0 Å². The number of ether oxygens (including phenoxy) is 2. The van der Waals surface area contributed by atoms with Gasteiger partial charge in [-0.1, -0.05) is 0 Å². The number of methoxy groups -OCH3 is 1. The van der Waals surface area contributed by atoms with E-state index in [1.807, 2.05) is 0 Å². The van der Waals surface area contributed by atoms with Gasteiger partial charge in [0.25, 0.3) is 0 Å². The minimum absolute atomic E-state index is 0.0587. The molecule has 0 aromatic rings. The van der Waals surface area contributed by atoms with Crippen LogP contribution in [0, 0.1) is 0 Å². The largest absolute Gasteiger partial charge is 0.479 e. The topological polar surface area (TPSA) is 76.0 Å². The lowest BCUT2D eigenvalue weighted by Crippen LogP contribution is -2.50. The third kappa shape index (κ3) is 3.17. The first kappa shape index (κ1) is 13.4. The van der Waals surface area contributed by atoms with E-state index in [4.69, 9.17) is 14.6 Å². The molecule has 5 nitrogen and oxygen atoms in total. The van der Waals surface area contributed by atoms with Gasteiger partial charge in [0.15, 0.2) is 5.60 Å². The fourth-order valence-electron chi connectivity index (χ4n) is 2.18. The van der Waals surface area contributed by atoms with Crippen molar-refractivity contribution in [1.29, 1.82) is 0 Å². The molecule has 1 heterocycles. The SMILES string of the molecule is COCC1(CC(C)(O)C(=O)O)CCCCO1. The summed E-state index contributed by atoms with van der Waals surface area (Å²) < 4.78 is 10.7. The number of carboxylic acids is 1. The van der Waals surface area contributed by atoms with Gasteiger partial charge < -0.3 is 19.7 Å². The van der Waals surface area contributed by atoms with E-state index in [-0.39, 0.29) is 6.42 Å². The smallest absolute Gasteiger partial charge is 0.335 e. The summed E-state index contributed by atoms with van der Waals surface area (Å²) in [7, 11) is 1.55. The van der Waals surface area contributed by atoms with E-state index in [0.29, 0.717) is 13.2 Å². The fourth-order valence-corrected chi connectivity index (χ4v) is 2.18. The predicted molar refractivity (Wildman–Crippen MR) is 57.3 cm³/mol. The first-order valence-electron chi connectivity index (χ1n) is 5.51. The quantitative estimate of drug-likeness (QED) is 0.733. The van der Waals surface area contributed by atoms with Gasteiger partial charge in [0.2, 0.25) is 0 Å². The van der Waals surface area contributed by atoms with Crippen LogP contribution in [0.15, 0.2) is 0 Å². The molecule has 0 aromatic heterocycles. The first-order valence-corrected chi connectivity index (χ1v) is 5.51. The van der Waals surface area contributed by atoms with Crippen LogP contribution in [0.4, 0.5) is 0 Å². The molecule has 0 bridgehead atoms. The summed E-state index contributed by atoms with van der Waals surface area (Å²) in [6.07, 6.45) is 2.73. The van der Waals surface area contributed by atoms with Crippen LogP contribution in [0.2, 0.25) is 0 Å². The standard InChI is InChI=1S/C11H20O5/c1-10(14,9(12)13)7-11(8-15-2)5-3-4-6-16-11/h14H,3-8H2,1-2H3,(H,12,13). The summed E-state index contributed by atoms with van der Waals surface area (Å²) in [6.45, 7) is 2.21. The zero-order valence-electron chi connectivity index (χ0n) is 9.86. The third-order valence-electron chi connectivity index (χ3n) is 2.97. The third-order valence-corrected chi connectivity index (χ3v) is 2.97. The molecule has 1 fully saturated rings. The Morgan fingerprint density at radius 3 is 2.69 bits per heavy atom. The molecule has 5 heteroatoms. The summed E-state index contributed by atoms with van der Waals surface area (Å²) in [4.78, 5) is 10.9. The summed E-state index contributed by atoms with van der Waals surface area (Å²) in [5, 5.41) is 18.7. The molecule has 1 aliphatic heterocycles. The zero-order valence-corrected chi connectivity index (χ0v) is 9.86. The van der Waals surface area contributed by atoms with Gasteiger partial charge in [-0.2, -0.15) is 0 Å². The number of hydrogen-bond donors (Lipinski definition) is 2.